The quantitative estimate of drug-likeness (QED) is 0.632. The standard InChI is InChI=1S/C17H30N2O3S3/c1-3-18(4-2)17(23)24-12-16(20)19(14-8-6-5-7-9-14)15-10-11-25(21,22)13-15/h14-15H,3-13H2,1-2H3/t15-/m0/s1. The molecule has 1 saturated carbocycles. The Kier molecular flexibility index (Phi) is 8.01. The normalized spacial score (nSPS) is 23.4. The van der Waals surface area contributed by atoms with Crippen molar-refractivity contribution >= 4 is 44.0 Å². The summed E-state index contributed by atoms with van der Waals surface area (Å²) < 4.78 is 24.6. The molecule has 5 nitrogen and oxygen atoms in total. The van der Waals surface area contributed by atoms with Crippen LogP contribution in [0, 0.1) is 0 Å². The van der Waals surface area contributed by atoms with Gasteiger partial charge in [0.2, 0.25) is 5.91 Å². The van der Waals surface area contributed by atoms with Gasteiger partial charge in [-0.25, -0.2) is 8.42 Å². The number of nitrogens with zero attached hydrogens (tertiary/aromatic N) is 2. The molecule has 1 amide bonds. The predicted molar refractivity (Wildman–Crippen MR) is 109 cm³/mol. The number of thioether (sulfide) groups is 1. The molecule has 0 aromatic heterocycles. The van der Waals surface area contributed by atoms with Crippen molar-refractivity contribution in [2.45, 2.75) is 64.5 Å². The van der Waals surface area contributed by atoms with E-state index in [2.05, 4.69) is 18.7 Å². The highest BCUT2D eigenvalue weighted by molar-refractivity contribution is 8.23. The molecule has 0 unspecified atom stereocenters. The van der Waals surface area contributed by atoms with Gasteiger partial charge in [0.25, 0.3) is 0 Å². The monoisotopic (exact) mass is 406 g/mol. The largest absolute Gasteiger partial charge is 0.358 e. The van der Waals surface area contributed by atoms with Gasteiger partial charge in [0.15, 0.2) is 9.84 Å². The van der Waals surface area contributed by atoms with Crippen molar-refractivity contribution in [3.8, 4) is 0 Å². The van der Waals surface area contributed by atoms with Crippen molar-refractivity contribution in [3.63, 3.8) is 0 Å². The lowest BCUT2D eigenvalue weighted by Crippen LogP contribution is -2.49. The first-order valence-electron chi connectivity index (χ1n) is 9.31. The van der Waals surface area contributed by atoms with Crippen LogP contribution in [-0.4, -0.2) is 70.9 Å². The molecule has 1 atom stereocenters. The third-order valence-corrected chi connectivity index (χ3v) is 8.46. The molecule has 0 aromatic carbocycles. The van der Waals surface area contributed by atoms with E-state index in [1.54, 1.807) is 0 Å². The molecule has 144 valence electrons. The maximum absolute atomic E-state index is 13.0. The van der Waals surface area contributed by atoms with Gasteiger partial charge in [0.1, 0.15) is 4.32 Å². The molecule has 2 rings (SSSR count). The van der Waals surface area contributed by atoms with Gasteiger partial charge in [-0.2, -0.15) is 0 Å². The summed E-state index contributed by atoms with van der Waals surface area (Å²) in [6, 6.07) is 0.0467. The number of sulfone groups is 1. The van der Waals surface area contributed by atoms with E-state index in [1.807, 2.05) is 4.90 Å². The van der Waals surface area contributed by atoms with Gasteiger partial charge in [-0.15, -0.1) is 0 Å². The minimum atomic E-state index is -3.00. The zero-order chi connectivity index (χ0) is 18.4. The maximum Gasteiger partial charge on any atom is 0.233 e. The Balaban J connectivity index is 2.03. The fourth-order valence-electron chi connectivity index (χ4n) is 3.83. The highest BCUT2D eigenvalue weighted by atomic mass is 32.2. The summed E-state index contributed by atoms with van der Waals surface area (Å²) in [4.78, 5) is 17.0. The van der Waals surface area contributed by atoms with Crippen LogP contribution in [0.3, 0.4) is 0 Å². The van der Waals surface area contributed by atoms with Gasteiger partial charge in [0, 0.05) is 25.2 Å². The van der Waals surface area contributed by atoms with Gasteiger partial charge in [-0.05, 0) is 33.1 Å². The zero-order valence-corrected chi connectivity index (χ0v) is 17.7. The van der Waals surface area contributed by atoms with E-state index in [0.717, 1.165) is 43.1 Å². The minimum absolute atomic E-state index is 0.0495. The fraction of sp³-hybridized carbons (Fsp3) is 0.882. The lowest BCUT2D eigenvalue weighted by Gasteiger charge is -2.38. The van der Waals surface area contributed by atoms with Gasteiger partial charge < -0.3 is 9.80 Å². The molecule has 25 heavy (non-hydrogen) atoms. The van der Waals surface area contributed by atoms with Crippen LogP contribution in [0.25, 0.3) is 0 Å². The summed E-state index contributed by atoms with van der Waals surface area (Å²) in [5.74, 6) is 0.690. The first-order valence-corrected chi connectivity index (χ1v) is 12.5. The number of rotatable bonds is 6. The SMILES string of the molecule is CCN(CC)C(=S)SCC(=O)N(C1CCCCC1)[C@H]1CCS(=O)(=O)C1. The van der Waals surface area contributed by atoms with Crippen molar-refractivity contribution in [2.24, 2.45) is 0 Å². The van der Waals surface area contributed by atoms with E-state index in [9.17, 15) is 13.2 Å². The predicted octanol–water partition coefficient (Wildman–Crippen LogP) is 2.69. The van der Waals surface area contributed by atoms with Crippen molar-refractivity contribution in [2.75, 3.05) is 30.3 Å². The Morgan fingerprint density at radius 1 is 1.08 bits per heavy atom. The van der Waals surface area contributed by atoms with E-state index in [4.69, 9.17) is 12.2 Å². The Bertz CT molecular complexity index is 570. The Hall–Kier alpha value is -0.340. The Morgan fingerprint density at radius 2 is 1.72 bits per heavy atom. The summed E-state index contributed by atoms with van der Waals surface area (Å²) in [6.45, 7) is 5.78. The highest BCUT2D eigenvalue weighted by Crippen LogP contribution is 2.29. The molecule has 0 spiro atoms. The van der Waals surface area contributed by atoms with E-state index in [0.29, 0.717) is 12.2 Å². The number of hydrogen-bond donors (Lipinski definition) is 0. The second kappa shape index (κ2) is 9.55. The third-order valence-electron chi connectivity index (χ3n) is 5.20. The average Bonchev–Trinajstić information content (AvgIpc) is 2.95. The molecule has 2 fully saturated rings. The van der Waals surface area contributed by atoms with Crippen molar-refractivity contribution in [3.05, 3.63) is 0 Å². The molecule has 1 heterocycles. The summed E-state index contributed by atoms with van der Waals surface area (Å²) in [7, 11) is -3.00. The van der Waals surface area contributed by atoms with E-state index >= 15 is 0 Å². The molecule has 2 aliphatic rings. The molecular formula is C17H30N2O3S3. The summed E-state index contributed by atoms with van der Waals surface area (Å²) in [5.41, 5.74) is 0. The van der Waals surface area contributed by atoms with Gasteiger partial charge in [-0.3, -0.25) is 4.79 Å². The number of thiocarbonyl (C=S) groups is 1. The van der Waals surface area contributed by atoms with Crippen LogP contribution in [0.5, 0.6) is 0 Å². The van der Waals surface area contributed by atoms with Crippen LogP contribution < -0.4 is 0 Å². The Labute approximate surface area is 161 Å². The second-order valence-corrected chi connectivity index (χ2v) is 10.7. The average molecular weight is 407 g/mol. The summed E-state index contributed by atoms with van der Waals surface area (Å²) in [6.07, 6.45) is 6.02. The van der Waals surface area contributed by atoms with Crippen LogP contribution >= 0.6 is 24.0 Å². The number of hydrogen-bond acceptors (Lipinski definition) is 5. The molecule has 0 aromatic rings. The second-order valence-electron chi connectivity index (χ2n) is 6.88. The minimum Gasteiger partial charge on any atom is -0.358 e. The van der Waals surface area contributed by atoms with Gasteiger partial charge in [0.05, 0.1) is 17.3 Å². The molecule has 1 aliphatic carbocycles. The van der Waals surface area contributed by atoms with Crippen LogP contribution in [0.15, 0.2) is 0 Å². The lowest BCUT2D eigenvalue weighted by atomic mass is 9.93. The topological polar surface area (TPSA) is 57.7 Å². The van der Waals surface area contributed by atoms with Crippen molar-refractivity contribution < 1.29 is 13.2 Å². The van der Waals surface area contributed by atoms with Gasteiger partial charge in [-0.1, -0.05) is 43.2 Å². The molecule has 0 N–H and O–H groups in total. The number of carbonyl (C=O) groups excluding carboxylic acids is 1. The van der Waals surface area contributed by atoms with Crippen LogP contribution in [0.2, 0.25) is 0 Å². The molecule has 1 aliphatic heterocycles. The molecule has 0 radical (unpaired) electrons. The number of amides is 1. The van der Waals surface area contributed by atoms with Crippen LogP contribution in [0.1, 0.15) is 52.4 Å². The lowest BCUT2D eigenvalue weighted by molar-refractivity contribution is -0.133. The first kappa shape index (κ1) is 21.0. The highest BCUT2D eigenvalue weighted by Gasteiger charge is 2.38. The number of carbonyl (C=O) groups is 1. The molecule has 1 saturated heterocycles. The molecular weight excluding hydrogens is 376 g/mol. The van der Waals surface area contributed by atoms with E-state index < -0.39 is 9.84 Å². The maximum atomic E-state index is 13.0. The van der Waals surface area contributed by atoms with Crippen LogP contribution in [0.4, 0.5) is 0 Å². The zero-order valence-electron chi connectivity index (χ0n) is 15.3. The summed E-state index contributed by atoms with van der Waals surface area (Å²) >= 11 is 6.84. The van der Waals surface area contributed by atoms with Crippen LogP contribution in [-0.2, 0) is 14.6 Å². The Morgan fingerprint density at radius 3 is 2.24 bits per heavy atom. The molecule has 0 bridgehead atoms. The first-order chi connectivity index (χ1) is 11.9. The molecule has 8 heteroatoms. The van der Waals surface area contributed by atoms with Crippen molar-refractivity contribution in [1.82, 2.24) is 9.80 Å². The van der Waals surface area contributed by atoms with Gasteiger partial charge >= 0.3 is 0 Å². The van der Waals surface area contributed by atoms with E-state index in [-0.39, 0.29) is 29.5 Å². The van der Waals surface area contributed by atoms with Crippen molar-refractivity contribution in [1.29, 1.82) is 0 Å². The smallest absolute Gasteiger partial charge is 0.233 e. The third kappa shape index (κ3) is 5.82. The summed E-state index contributed by atoms with van der Waals surface area (Å²) in [5, 5.41) is 0. The fourth-order valence-corrected chi connectivity index (χ4v) is 6.81. The van der Waals surface area contributed by atoms with E-state index in [1.165, 1.54) is 18.2 Å².